The summed E-state index contributed by atoms with van der Waals surface area (Å²) in [6, 6.07) is 0. The molecule has 1 fully saturated rings. The van der Waals surface area contributed by atoms with Crippen LogP contribution in [0.2, 0.25) is 0 Å². The van der Waals surface area contributed by atoms with E-state index in [0.29, 0.717) is 5.25 Å². The smallest absolute Gasteiger partial charge is 0.191 e. The van der Waals surface area contributed by atoms with E-state index < -0.39 is 0 Å². The normalized spacial score (nSPS) is 22.6. The van der Waals surface area contributed by atoms with E-state index in [1.807, 2.05) is 25.7 Å². The highest BCUT2D eigenvalue weighted by molar-refractivity contribution is 7.99. The third-order valence-electron chi connectivity index (χ3n) is 2.58. The van der Waals surface area contributed by atoms with Crippen LogP contribution in [0.25, 0.3) is 0 Å². The van der Waals surface area contributed by atoms with Gasteiger partial charge < -0.3 is 9.88 Å². The maximum Gasteiger partial charge on any atom is 0.191 e. The Kier molecular flexibility index (Phi) is 3.08. The Morgan fingerprint density at radius 3 is 2.93 bits per heavy atom. The maximum absolute atomic E-state index is 4.16. The van der Waals surface area contributed by atoms with E-state index in [4.69, 9.17) is 0 Å². The van der Waals surface area contributed by atoms with Crippen LogP contribution in [0.4, 0.5) is 0 Å². The van der Waals surface area contributed by atoms with Crippen molar-refractivity contribution in [2.45, 2.75) is 30.2 Å². The molecule has 14 heavy (non-hydrogen) atoms. The average Bonchev–Trinajstić information content (AvgIpc) is 2.52. The van der Waals surface area contributed by atoms with Crippen LogP contribution in [0.15, 0.2) is 5.16 Å². The third kappa shape index (κ3) is 2.09. The fourth-order valence-electron chi connectivity index (χ4n) is 1.56. The number of hydrogen-bond acceptors (Lipinski definition) is 4. The molecular formula is C9H16N4S. The first-order chi connectivity index (χ1) is 6.77. The first-order valence-electron chi connectivity index (χ1n) is 5.01. The minimum Gasteiger partial charge on any atom is -0.316 e. The number of rotatable bonds is 2. The van der Waals surface area contributed by atoms with Crippen molar-refractivity contribution in [1.29, 1.82) is 0 Å². The van der Waals surface area contributed by atoms with E-state index in [9.17, 15) is 0 Å². The number of nitrogens with zero attached hydrogens (tertiary/aromatic N) is 3. The summed E-state index contributed by atoms with van der Waals surface area (Å²) in [5.41, 5.74) is 0. The van der Waals surface area contributed by atoms with Crippen molar-refractivity contribution in [2.75, 3.05) is 13.1 Å². The standard InChI is InChI=1S/C9H16N4S/c1-7-11-12-9(13(7)2)14-8-4-3-5-10-6-8/h8,10H,3-6H2,1-2H3. The van der Waals surface area contributed by atoms with Gasteiger partial charge in [0.05, 0.1) is 0 Å². The largest absolute Gasteiger partial charge is 0.316 e. The monoisotopic (exact) mass is 212 g/mol. The second-order valence-electron chi connectivity index (χ2n) is 3.68. The third-order valence-corrected chi connectivity index (χ3v) is 3.88. The molecule has 0 aromatic carbocycles. The molecule has 2 rings (SSSR count). The molecule has 0 saturated carbocycles. The predicted molar refractivity (Wildman–Crippen MR) is 57.5 cm³/mol. The van der Waals surface area contributed by atoms with Crippen LogP contribution in [0.5, 0.6) is 0 Å². The minimum atomic E-state index is 0.658. The van der Waals surface area contributed by atoms with Crippen molar-refractivity contribution in [2.24, 2.45) is 7.05 Å². The Hall–Kier alpha value is -0.550. The molecule has 5 heteroatoms. The molecule has 0 radical (unpaired) electrons. The molecular weight excluding hydrogens is 196 g/mol. The van der Waals surface area contributed by atoms with E-state index in [1.54, 1.807) is 0 Å². The molecule has 1 unspecified atom stereocenters. The van der Waals surface area contributed by atoms with Gasteiger partial charge in [-0.2, -0.15) is 0 Å². The highest BCUT2D eigenvalue weighted by Crippen LogP contribution is 2.25. The van der Waals surface area contributed by atoms with Crippen molar-refractivity contribution in [1.82, 2.24) is 20.1 Å². The van der Waals surface area contributed by atoms with E-state index in [1.165, 1.54) is 12.8 Å². The molecule has 1 aliphatic heterocycles. The van der Waals surface area contributed by atoms with E-state index in [2.05, 4.69) is 20.1 Å². The molecule has 1 atom stereocenters. The van der Waals surface area contributed by atoms with E-state index >= 15 is 0 Å². The van der Waals surface area contributed by atoms with Gasteiger partial charge >= 0.3 is 0 Å². The minimum absolute atomic E-state index is 0.658. The Morgan fingerprint density at radius 2 is 2.36 bits per heavy atom. The number of aryl methyl sites for hydroxylation is 1. The van der Waals surface area contributed by atoms with Crippen LogP contribution in [0.3, 0.4) is 0 Å². The molecule has 0 bridgehead atoms. The summed E-state index contributed by atoms with van der Waals surface area (Å²) in [7, 11) is 2.02. The SMILES string of the molecule is Cc1nnc(SC2CCCNC2)n1C. The Labute approximate surface area is 88.5 Å². The first kappa shape index (κ1) is 9.98. The van der Waals surface area contributed by atoms with Crippen LogP contribution in [-0.4, -0.2) is 33.1 Å². The van der Waals surface area contributed by atoms with Crippen molar-refractivity contribution >= 4 is 11.8 Å². The molecule has 1 aromatic heterocycles. The predicted octanol–water partition coefficient (Wildman–Crippen LogP) is 0.968. The zero-order valence-corrected chi connectivity index (χ0v) is 9.47. The van der Waals surface area contributed by atoms with Crippen LogP contribution in [-0.2, 0) is 7.05 Å². The van der Waals surface area contributed by atoms with E-state index in [-0.39, 0.29) is 0 Å². The van der Waals surface area contributed by atoms with Gasteiger partial charge in [0.15, 0.2) is 5.16 Å². The average molecular weight is 212 g/mol. The number of hydrogen-bond donors (Lipinski definition) is 1. The number of aromatic nitrogens is 3. The molecule has 78 valence electrons. The number of nitrogens with one attached hydrogen (secondary N) is 1. The zero-order chi connectivity index (χ0) is 9.97. The van der Waals surface area contributed by atoms with Gasteiger partial charge in [-0.1, -0.05) is 11.8 Å². The molecule has 4 nitrogen and oxygen atoms in total. The van der Waals surface area contributed by atoms with Crippen LogP contribution in [0.1, 0.15) is 18.7 Å². The summed E-state index contributed by atoms with van der Waals surface area (Å²) >= 11 is 1.84. The molecule has 1 aliphatic rings. The summed E-state index contributed by atoms with van der Waals surface area (Å²) in [6.07, 6.45) is 2.55. The van der Waals surface area contributed by atoms with Gasteiger partial charge in [-0.3, -0.25) is 0 Å². The van der Waals surface area contributed by atoms with Crippen molar-refractivity contribution in [3.63, 3.8) is 0 Å². The lowest BCUT2D eigenvalue weighted by atomic mass is 10.2. The van der Waals surface area contributed by atoms with Gasteiger partial charge in [0, 0.05) is 18.8 Å². The lowest BCUT2D eigenvalue weighted by molar-refractivity contribution is 0.530. The van der Waals surface area contributed by atoms with Crippen molar-refractivity contribution < 1.29 is 0 Å². The quantitative estimate of drug-likeness (QED) is 0.793. The molecule has 0 amide bonds. The Morgan fingerprint density at radius 1 is 1.50 bits per heavy atom. The van der Waals surface area contributed by atoms with Crippen LogP contribution < -0.4 is 5.32 Å². The molecule has 2 heterocycles. The summed E-state index contributed by atoms with van der Waals surface area (Å²) in [4.78, 5) is 0. The maximum atomic E-state index is 4.16. The van der Waals surface area contributed by atoms with Crippen LogP contribution in [0, 0.1) is 6.92 Å². The van der Waals surface area contributed by atoms with Gasteiger partial charge in [-0.15, -0.1) is 10.2 Å². The van der Waals surface area contributed by atoms with Gasteiger partial charge in [-0.05, 0) is 26.3 Å². The molecule has 1 aromatic rings. The van der Waals surface area contributed by atoms with Crippen LogP contribution >= 0.6 is 11.8 Å². The highest BCUT2D eigenvalue weighted by Gasteiger charge is 2.17. The Balaban J connectivity index is 1.99. The van der Waals surface area contributed by atoms with Crippen molar-refractivity contribution in [3.8, 4) is 0 Å². The highest BCUT2D eigenvalue weighted by atomic mass is 32.2. The first-order valence-corrected chi connectivity index (χ1v) is 5.88. The van der Waals surface area contributed by atoms with Gasteiger partial charge in [0.25, 0.3) is 0 Å². The van der Waals surface area contributed by atoms with E-state index in [0.717, 1.165) is 24.1 Å². The van der Waals surface area contributed by atoms with Gasteiger partial charge in [0.2, 0.25) is 0 Å². The summed E-state index contributed by atoms with van der Waals surface area (Å²) in [6.45, 7) is 4.24. The summed E-state index contributed by atoms with van der Waals surface area (Å²) < 4.78 is 2.05. The fourth-order valence-corrected chi connectivity index (χ4v) is 2.72. The molecule has 1 N–H and O–H groups in total. The summed E-state index contributed by atoms with van der Waals surface area (Å²) in [5, 5.41) is 13.3. The van der Waals surface area contributed by atoms with Gasteiger partial charge in [-0.25, -0.2) is 0 Å². The zero-order valence-electron chi connectivity index (χ0n) is 8.66. The number of piperidine rings is 1. The Bertz CT molecular complexity index is 304. The lowest BCUT2D eigenvalue weighted by Crippen LogP contribution is -2.31. The van der Waals surface area contributed by atoms with Gasteiger partial charge in [0.1, 0.15) is 5.82 Å². The van der Waals surface area contributed by atoms with Crippen molar-refractivity contribution in [3.05, 3.63) is 5.82 Å². The molecule has 0 aliphatic carbocycles. The molecule has 1 saturated heterocycles. The topological polar surface area (TPSA) is 42.7 Å². The second kappa shape index (κ2) is 4.31. The summed E-state index contributed by atoms with van der Waals surface area (Å²) in [5.74, 6) is 0.983. The second-order valence-corrected chi connectivity index (χ2v) is 4.94. The fraction of sp³-hybridized carbons (Fsp3) is 0.778. The number of thioether (sulfide) groups is 1. The lowest BCUT2D eigenvalue weighted by Gasteiger charge is -2.21. The molecule has 0 spiro atoms.